The maximum absolute atomic E-state index is 14.8. The molecule has 1 aliphatic rings. The SMILES string of the molecule is Cc1ccc(NC(=O)Nc2cccc(CN3CCN(C)CC3)c2F)cn1. The predicted molar refractivity (Wildman–Crippen MR) is 101 cm³/mol. The molecule has 1 aromatic heterocycles. The summed E-state index contributed by atoms with van der Waals surface area (Å²) >= 11 is 0. The fourth-order valence-corrected chi connectivity index (χ4v) is 2.87. The molecule has 2 heterocycles. The number of amides is 2. The number of aromatic nitrogens is 1. The minimum absolute atomic E-state index is 0.175. The summed E-state index contributed by atoms with van der Waals surface area (Å²) < 4.78 is 14.8. The van der Waals surface area contributed by atoms with E-state index in [0.29, 0.717) is 17.8 Å². The van der Waals surface area contributed by atoms with Gasteiger partial charge >= 0.3 is 6.03 Å². The number of likely N-dealkylation sites (N-methyl/N-ethyl adjacent to an activating group) is 1. The van der Waals surface area contributed by atoms with Crippen LogP contribution in [0, 0.1) is 12.7 Å². The summed E-state index contributed by atoms with van der Waals surface area (Å²) in [5.41, 5.74) is 2.18. The van der Waals surface area contributed by atoms with Crippen molar-refractivity contribution in [3.8, 4) is 0 Å². The summed E-state index contributed by atoms with van der Waals surface area (Å²) in [7, 11) is 2.09. The van der Waals surface area contributed by atoms with Crippen molar-refractivity contribution in [2.75, 3.05) is 43.9 Å². The van der Waals surface area contributed by atoms with Crippen LogP contribution in [0.2, 0.25) is 0 Å². The maximum atomic E-state index is 14.8. The molecule has 0 spiro atoms. The molecule has 3 rings (SSSR count). The molecule has 0 saturated carbocycles. The highest BCUT2D eigenvalue weighted by Gasteiger charge is 2.17. The van der Waals surface area contributed by atoms with Crippen molar-refractivity contribution in [3.05, 3.63) is 53.6 Å². The third-order valence-corrected chi connectivity index (χ3v) is 4.49. The molecule has 138 valence electrons. The zero-order valence-electron chi connectivity index (χ0n) is 15.1. The first kappa shape index (κ1) is 18.3. The Balaban J connectivity index is 1.62. The third kappa shape index (κ3) is 4.77. The summed E-state index contributed by atoms with van der Waals surface area (Å²) in [6.07, 6.45) is 1.56. The average molecular weight is 357 g/mol. The van der Waals surface area contributed by atoms with E-state index < -0.39 is 6.03 Å². The lowest BCUT2D eigenvalue weighted by atomic mass is 10.1. The molecule has 1 saturated heterocycles. The van der Waals surface area contributed by atoms with Crippen LogP contribution in [0.15, 0.2) is 36.5 Å². The van der Waals surface area contributed by atoms with Crippen LogP contribution in [-0.4, -0.2) is 54.0 Å². The Hall–Kier alpha value is -2.51. The van der Waals surface area contributed by atoms with E-state index in [1.807, 2.05) is 6.92 Å². The molecule has 0 aliphatic carbocycles. The molecule has 0 unspecified atom stereocenters. The van der Waals surface area contributed by atoms with E-state index >= 15 is 0 Å². The Morgan fingerprint density at radius 2 is 1.92 bits per heavy atom. The maximum Gasteiger partial charge on any atom is 0.323 e. The third-order valence-electron chi connectivity index (χ3n) is 4.49. The molecule has 2 amide bonds. The van der Waals surface area contributed by atoms with Gasteiger partial charge in [0, 0.05) is 44.0 Å². The van der Waals surface area contributed by atoms with E-state index in [0.717, 1.165) is 31.9 Å². The Kier molecular flexibility index (Phi) is 5.80. The number of anilines is 2. The minimum Gasteiger partial charge on any atom is -0.306 e. The van der Waals surface area contributed by atoms with Gasteiger partial charge in [0.1, 0.15) is 0 Å². The van der Waals surface area contributed by atoms with E-state index in [2.05, 4.69) is 32.5 Å². The summed E-state index contributed by atoms with van der Waals surface area (Å²) in [6, 6.07) is 8.15. The van der Waals surface area contributed by atoms with Crippen molar-refractivity contribution in [1.29, 1.82) is 0 Å². The first-order valence-corrected chi connectivity index (χ1v) is 8.70. The lowest BCUT2D eigenvalue weighted by Gasteiger charge is -2.32. The van der Waals surface area contributed by atoms with Crippen molar-refractivity contribution >= 4 is 17.4 Å². The number of carbonyl (C=O) groups is 1. The van der Waals surface area contributed by atoms with Gasteiger partial charge in [-0.25, -0.2) is 9.18 Å². The Labute approximate surface area is 153 Å². The summed E-state index contributed by atoms with van der Waals surface area (Å²) in [5, 5.41) is 5.23. The molecule has 0 atom stereocenters. The fourth-order valence-electron chi connectivity index (χ4n) is 2.87. The van der Waals surface area contributed by atoms with Gasteiger partial charge in [0.15, 0.2) is 5.82 Å². The summed E-state index contributed by atoms with van der Waals surface area (Å²) in [4.78, 5) is 20.7. The molecule has 1 fully saturated rings. The summed E-state index contributed by atoms with van der Waals surface area (Å²) in [5.74, 6) is -0.386. The van der Waals surface area contributed by atoms with Gasteiger partial charge in [-0.1, -0.05) is 12.1 Å². The van der Waals surface area contributed by atoms with Crippen molar-refractivity contribution in [2.24, 2.45) is 0 Å². The highest BCUT2D eigenvalue weighted by Crippen LogP contribution is 2.20. The van der Waals surface area contributed by atoms with Gasteiger partial charge in [-0.3, -0.25) is 9.88 Å². The molecule has 2 N–H and O–H groups in total. The molecule has 1 aliphatic heterocycles. The second kappa shape index (κ2) is 8.25. The number of carbonyl (C=O) groups excluding carboxylic acids is 1. The number of urea groups is 1. The van der Waals surface area contributed by atoms with Crippen LogP contribution in [0.4, 0.5) is 20.6 Å². The van der Waals surface area contributed by atoms with Gasteiger partial charge in [-0.15, -0.1) is 0 Å². The monoisotopic (exact) mass is 357 g/mol. The smallest absolute Gasteiger partial charge is 0.306 e. The van der Waals surface area contributed by atoms with Crippen molar-refractivity contribution in [2.45, 2.75) is 13.5 Å². The Morgan fingerprint density at radius 3 is 2.62 bits per heavy atom. The Morgan fingerprint density at radius 1 is 1.15 bits per heavy atom. The molecule has 6 nitrogen and oxygen atoms in total. The average Bonchev–Trinajstić information content (AvgIpc) is 2.62. The van der Waals surface area contributed by atoms with Crippen LogP contribution in [0.5, 0.6) is 0 Å². The van der Waals surface area contributed by atoms with E-state index in [1.165, 1.54) is 0 Å². The molecular formula is C19H24FN5O. The highest BCUT2D eigenvalue weighted by atomic mass is 19.1. The van der Waals surface area contributed by atoms with Gasteiger partial charge in [0.2, 0.25) is 0 Å². The molecule has 0 bridgehead atoms. The van der Waals surface area contributed by atoms with Crippen LogP contribution in [-0.2, 0) is 6.54 Å². The van der Waals surface area contributed by atoms with Gasteiger partial charge in [-0.05, 0) is 32.2 Å². The second-order valence-electron chi connectivity index (χ2n) is 6.63. The van der Waals surface area contributed by atoms with E-state index in [4.69, 9.17) is 0 Å². The van der Waals surface area contributed by atoms with E-state index in [9.17, 15) is 9.18 Å². The zero-order valence-corrected chi connectivity index (χ0v) is 15.1. The lowest BCUT2D eigenvalue weighted by Crippen LogP contribution is -2.44. The predicted octanol–water partition coefficient (Wildman–Crippen LogP) is 2.92. The van der Waals surface area contributed by atoms with Gasteiger partial charge in [0.05, 0.1) is 17.6 Å². The fraction of sp³-hybridized carbons (Fsp3) is 0.368. The van der Waals surface area contributed by atoms with Crippen molar-refractivity contribution < 1.29 is 9.18 Å². The number of hydrogen-bond acceptors (Lipinski definition) is 4. The number of nitrogens with one attached hydrogen (secondary N) is 2. The minimum atomic E-state index is -0.494. The van der Waals surface area contributed by atoms with Gasteiger partial charge < -0.3 is 15.5 Å². The Bertz CT molecular complexity index is 757. The number of halogens is 1. The number of benzene rings is 1. The lowest BCUT2D eigenvalue weighted by molar-refractivity contribution is 0.147. The van der Waals surface area contributed by atoms with Crippen LogP contribution >= 0.6 is 0 Å². The van der Waals surface area contributed by atoms with Crippen LogP contribution in [0.1, 0.15) is 11.3 Å². The number of nitrogens with zero attached hydrogens (tertiary/aromatic N) is 3. The number of rotatable bonds is 4. The number of pyridine rings is 1. The quantitative estimate of drug-likeness (QED) is 0.883. The summed E-state index contributed by atoms with van der Waals surface area (Å²) in [6.45, 7) is 6.19. The zero-order chi connectivity index (χ0) is 18.5. The van der Waals surface area contributed by atoms with Gasteiger partial charge in [0.25, 0.3) is 0 Å². The molecule has 0 radical (unpaired) electrons. The highest BCUT2D eigenvalue weighted by molar-refractivity contribution is 5.99. The first-order valence-electron chi connectivity index (χ1n) is 8.70. The molecule has 2 aromatic rings. The van der Waals surface area contributed by atoms with Gasteiger partial charge in [-0.2, -0.15) is 0 Å². The van der Waals surface area contributed by atoms with E-state index in [1.54, 1.807) is 36.5 Å². The van der Waals surface area contributed by atoms with Crippen LogP contribution in [0.25, 0.3) is 0 Å². The van der Waals surface area contributed by atoms with Crippen LogP contribution in [0.3, 0.4) is 0 Å². The van der Waals surface area contributed by atoms with E-state index in [-0.39, 0.29) is 11.5 Å². The van der Waals surface area contributed by atoms with Crippen LogP contribution < -0.4 is 10.6 Å². The standard InChI is InChI=1S/C19H24FN5O/c1-14-6-7-16(12-21-14)22-19(26)23-17-5-3-4-15(18(17)20)13-25-10-8-24(2)9-11-25/h3-7,12H,8-11,13H2,1-2H3,(H2,22,23,26). The topological polar surface area (TPSA) is 60.5 Å². The normalized spacial score (nSPS) is 15.7. The molecular weight excluding hydrogens is 333 g/mol. The molecule has 1 aromatic carbocycles. The molecule has 7 heteroatoms. The molecule has 26 heavy (non-hydrogen) atoms. The largest absolute Gasteiger partial charge is 0.323 e. The van der Waals surface area contributed by atoms with Crippen molar-refractivity contribution in [1.82, 2.24) is 14.8 Å². The van der Waals surface area contributed by atoms with Crippen molar-refractivity contribution in [3.63, 3.8) is 0 Å². The number of aryl methyl sites for hydroxylation is 1. The first-order chi connectivity index (χ1) is 12.5. The number of hydrogen-bond donors (Lipinski definition) is 2. The number of piperazine rings is 1. The second-order valence-corrected chi connectivity index (χ2v) is 6.63.